The zero-order valence-electron chi connectivity index (χ0n) is 35.5. The Balaban J connectivity index is 1.08. The number of rotatable bonds is 5. The van der Waals surface area contributed by atoms with Gasteiger partial charge in [0.15, 0.2) is 17.5 Å². The van der Waals surface area contributed by atoms with Gasteiger partial charge in [0.2, 0.25) is 0 Å². The summed E-state index contributed by atoms with van der Waals surface area (Å²) in [5, 5.41) is 14.6. The highest BCUT2D eigenvalue weighted by molar-refractivity contribution is 7.26. The molecule has 0 bridgehead atoms. The number of hydrogen-bond acceptors (Lipinski definition) is 4. The molecule has 0 amide bonds. The second-order valence-electron chi connectivity index (χ2n) is 17.1. The number of nitrogens with zero attached hydrogens (tertiary/aromatic N) is 4. The molecule has 306 valence electrons. The summed E-state index contributed by atoms with van der Waals surface area (Å²) in [4.78, 5) is 15.9. The molecule has 0 aliphatic carbocycles. The van der Waals surface area contributed by atoms with Crippen molar-refractivity contribution < 1.29 is 0 Å². The normalized spacial score (nSPS) is 11.9. The van der Waals surface area contributed by atoms with E-state index in [4.69, 9.17) is 15.0 Å². The Hall–Kier alpha value is -8.51. The zero-order valence-corrected chi connectivity index (χ0v) is 36.3. The van der Waals surface area contributed by atoms with Crippen LogP contribution in [-0.4, -0.2) is 19.5 Å². The first-order valence-corrected chi connectivity index (χ1v) is 23.2. The average Bonchev–Trinajstić information content (AvgIpc) is 3.93. The lowest BCUT2D eigenvalue weighted by Crippen LogP contribution is -2.02. The van der Waals surface area contributed by atoms with Crippen LogP contribution in [0.2, 0.25) is 0 Å². The van der Waals surface area contributed by atoms with Crippen molar-refractivity contribution in [2.24, 2.45) is 0 Å². The molecular formula is C61H36N4S. The van der Waals surface area contributed by atoms with E-state index in [0.717, 1.165) is 49.9 Å². The van der Waals surface area contributed by atoms with E-state index in [1.54, 1.807) is 0 Å². The van der Waals surface area contributed by atoms with Crippen LogP contribution < -0.4 is 0 Å². The van der Waals surface area contributed by atoms with Gasteiger partial charge in [-0.3, -0.25) is 0 Å². The lowest BCUT2D eigenvalue weighted by atomic mass is 9.94. The van der Waals surface area contributed by atoms with Crippen molar-refractivity contribution in [1.29, 1.82) is 0 Å². The van der Waals surface area contributed by atoms with Gasteiger partial charge in [-0.25, -0.2) is 15.0 Å². The molecule has 0 radical (unpaired) electrons. The molecule has 3 aromatic heterocycles. The molecule has 11 aromatic carbocycles. The monoisotopic (exact) mass is 856 g/mol. The fraction of sp³-hybridized carbons (Fsp3) is 0. The number of aromatic nitrogens is 4. The molecule has 0 fully saturated rings. The summed E-state index contributed by atoms with van der Waals surface area (Å²) in [6.07, 6.45) is 0. The summed E-state index contributed by atoms with van der Waals surface area (Å²) < 4.78 is 4.99. The maximum atomic E-state index is 5.41. The summed E-state index contributed by atoms with van der Waals surface area (Å²) >= 11 is 1.86. The Bertz CT molecular complexity index is 4300. The molecule has 5 heteroatoms. The van der Waals surface area contributed by atoms with E-state index in [0.29, 0.717) is 17.5 Å². The quantitative estimate of drug-likeness (QED) is 0.162. The van der Waals surface area contributed by atoms with Crippen molar-refractivity contribution in [2.45, 2.75) is 0 Å². The number of thiophene rings is 1. The van der Waals surface area contributed by atoms with Crippen molar-refractivity contribution in [2.75, 3.05) is 0 Å². The Morgan fingerprint density at radius 2 is 0.924 bits per heavy atom. The first kappa shape index (κ1) is 36.9. The maximum Gasteiger partial charge on any atom is 0.164 e. The fourth-order valence-corrected chi connectivity index (χ4v) is 11.5. The van der Waals surface area contributed by atoms with E-state index in [9.17, 15) is 0 Å². The van der Waals surface area contributed by atoms with Gasteiger partial charge in [-0.05, 0) is 97.2 Å². The molecule has 0 saturated carbocycles. The predicted molar refractivity (Wildman–Crippen MR) is 279 cm³/mol. The minimum Gasteiger partial charge on any atom is -0.309 e. The van der Waals surface area contributed by atoms with Gasteiger partial charge < -0.3 is 4.57 Å². The van der Waals surface area contributed by atoms with Crippen LogP contribution in [-0.2, 0) is 0 Å². The second kappa shape index (κ2) is 14.5. The minimum absolute atomic E-state index is 0.616. The van der Waals surface area contributed by atoms with Gasteiger partial charge in [-0.15, -0.1) is 11.3 Å². The van der Waals surface area contributed by atoms with Crippen LogP contribution in [0.25, 0.3) is 136 Å². The van der Waals surface area contributed by atoms with E-state index in [-0.39, 0.29) is 0 Å². The zero-order chi connectivity index (χ0) is 43.3. The summed E-state index contributed by atoms with van der Waals surface area (Å²) in [6, 6.07) is 78.8. The standard InChI is InChI=1S/C61H36N4S/c1-2-16-39(17-3-1)59-62-60(64-61(63-59)49-25-12-23-45-43-20-8-6-14-37(43)28-31-46(45)49)42-29-32-53(65-52-26-11-10-22-47(52)50-34-40-18-4-5-19-41(40)36-54(50)65)51(35-42)48-24-13-27-55-58(48)57-44-21-9-7-15-38(44)30-33-56(57)66-55/h1-36H. The molecular weight excluding hydrogens is 821 g/mol. The van der Waals surface area contributed by atoms with Crippen molar-refractivity contribution in [3.63, 3.8) is 0 Å². The molecule has 4 nitrogen and oxygen atoms in total. The van der Waals surface area contributed by atoms with E-state index < -0.39 is 0 Å². The molecule has 3 heterocycles. The first-order valence-electron chi connectivity index (χ1n) is 22.3. The Kier molecular flexibility index (Phi) is 8.12. The highest BCUT2D eigenvalue weighted by atomic mass is 32.1. The van der Waals surface area contributed by atoms with E-state index >= 15 is 0 Å². The number of para-hydroxylation sites is 1. The van der Waals surface area contributed by atoms with Crippen LogP contribution in [0.5, 0.6) is 0 Å². The van der Waals surface area contributed by atoms with Crippen LogP contribution in [0.4, 0.5) is 0 Å². The molecule has 0 saturated heterocycles. The summed E-state index contributed by atoms with van der Waals surface area (Å²) in [7, 11) is 0. The van der Waals surface area contributed by atoms with Crippen molar-refractivity contribution in [3.05, 3.63) is 218 Å². The number of benzene rings is 11. The van der Waals surface area contributed by atoms with Gasteiger partial charge in [-0.1, -0.05) is 170 Å². The van der Waals surface area contributed by atoms with Crippen molar-refractivity contribution in [3.8, 4) is 51.0 Å². The SMILES string of the molecule is c1ccc(-c2nc(-c3ccc(-n4c5ccccc5c5cc6ccccc6cc54)c(-c4cccc5sc6ccc7ccccc7c6c45)c3)nc(-c3cccc4c3ccc3ccccc34)n2)cc1. The average molecular weight is 857 g/mol. The first-order chi connectivity index (χ1) is 32.7. The molecule has 14 aromatic rings. The van der Waals surface area contributed by atoms with Gasteiger partial charge in [0, 0.05) is 53.2 Å². The predicted octanol–water partition coefficient (Wildman–Crippen LogP) is 16.6. The number of hydrogen-bond donors (Lipinski definition) is 0. The van der Waals surface area contributed by atoms with E-state index in [2.05, 4.69) is 205 Å². The van der Waals surface area contributed by atoms with Crippen LogP contribution in [0.15, 0.2) is 218 Å². The van der Waals surface area contributed by atoms with Gasteiger partial charge in [0.05, 0.1) is 16.7 Å². The third kappa shape index (κ3) is 5.67. The Morgan fingerprint density at radius 1 is 0.303 bits per heavy atom. The number of fused-ring (bicyclic) bond motifs is 12. The Morgan fingerprint density at radius 3 is 1.77 bits per heavy atom. The maximum absolute atomic E-state index is 5.41. The smallest absolute Gasteiger partial charge is 0.164 e. The van der Waals surface area contributed by atoms with Crippen molar-refractivity contribution >= 4 is 96.4 Å². The lowest BCUT2D eigenvalue weighted by molar-refractivity contribution is 1.07. The molecule has 0 spiro atoms. The van der Waals surface area contributed by atoms with Gasteiger partial charge in [-0.2, -0.15) is 0 Å². The van der Waals surface area contributed by atoms with Crippen LogP contribution >= 0.6 is 11.3 Å². The third-order valence-electron chi connectivity index (χ3n) is 13.4. The van der Waals surface area contributed by atoms with Gasteiger partial charge in [0.1, 0.15) is 0 Å². The fourth-order valence-electron chi connectivity index (χ4n) is 10.4. The molecule has 0 aliphatic rings. The highest BCUT2D eigenvalue weighted by Gasteiger charge is 2.22. The lowest BCUT2D eigenvalue weighted by Gasteiger charge is -2.17. The van der Waals surface area contributed by atoms with Crippen LogP contribution in [0.3, 0.4) is 0 Å². The van der Waals surface area contributed by atoms with Crippen LogP contribution in [0.1, 0.15) is 0 Å². The topological polar surface area (TPSA) is 43.6 Å². The molecule has 0 N–H and O–H groups in total. The molecule has 0 atom stereocenters. The third-order valence-corrected chi connectivity index (χ3v) is 14.5. The molecule has 0 aliphatic heterocycles. The van der Waals surface area contributed by atoms with E-state index in [1.807, 2.05) is 29.5 Å². The molecule has 14 rings (SSSR count). The van der Waals surface area contributed by atoms with Gasteiger partial charge >= 0.3 is 0 Å². The Labute approximate surface area is 383 Å². The van der Waals surface area contributed by atoms with Crippen LogP contribution in [0, 0.1) is 0 Å². The van der Waals surface area contributed by atoms with E-state index in [1.165, 1.54) is 68.6 Å². The summed E-state index contributed by atoms with van der Waals surface area (Å²) in [6.45, 7) is 0. The van der Waals surface area contributed by atoms with Gasteiger partial charge in [0.25, 0.3) is 0 Å². The second-order valence-corrected chi connectivity index (χ2v) is 18.2. The summed E-state index contributed by atoms with van der Waals surface area (Å²) in [5.41, 5.74) is 8.48. The van der Waals surface area contributed by atoms with Crippen molar-refractivity contribution in [1.82, 2.24) is 19.5 Å². The minimum atomic E-state index is 0.616. The summed E-state index contributed by atoms with van der Waals surface area (Å²) in [5.74, 6) is 1.88. The molecule has 0 unspecified atom stereocenters. The highest BCUT2D eigenvalue weighted by Crippen LogP contribution is 2.47. The molecule has 66 heavy (non-hydrogen) atoms. The largest absolute Gasteiger partial charge is 0.309 e.